The van der Waals surface area contributed by atoms with Gasteiger partial charge in [0.15, 0.2) is 16.9 Å². The van der Waals surface area contributed by atoms with Crippen LogP contribution in [0.4, 0.5) is 0 Å². The summed E-state index contributed by atoms with van der Waals surface area (Å²) in [5, 5.41) is 9.65. The molecule has 0 saturated carbocycles. The second-order valence-electron chi connectivity index (χ2n) is 6.71. The van der Waals surface area contributed by atoms with Crippen LogP contribution in [0.2, 0.25) is 0 Å². The molecule has 0 aliphatic carbocycles. The first kappa shape index (κ1) is 17.1. The summed E-state index contributed by atoms with van der Waals surface area (Å²) in [5.41, 5.74) is 3.27. The molecular weight excluding hydrogens is 346 g/mol. The van der Waals surface area contributed by atoms with Gasteiger partial charge in [0, 0.05) is 30.1 Å². The van der Waals surface area contributed by atoms with E-state index in [1.54, 1.807) is 6.20 Å². The van der Waals surface area contributed by atoms with Crippen LogP contribution in [0.1, 0.15) is 23.1 Å². The highest BCUT2D eigenvalue weighted by Crippen LogP contribution is 2.33. The number of hydrogen-bond donors (Lipinski definition) is 1. The number of carboxylic acid groups (broad SMARTS) is 1. The van der Waals surface area contributed by atoms with E-state index in [1.807, 2.05) is 47.9 Å². The van der Waals surface area contributed by atoms with Crippen LogP contribution in [0.15, 0.2) is 47.4 Å². The van der Waals surface area contributed by atoms with Crippen molar-refractivity contribution in [3.05, 3.63) is 69.5 Å². The summed E-state index contributed by atoms with van der Waals surface area (Å²) in [6.45, 7) is 2.45. The summed E-state index contributed by atoms with van der Waals surface area (Å²) in [4.78, 5) is 24.0. The van der Waals surface area contributed by atoms with Gasteiger partial charge in [0.05, 0.1) is 11.9 Å². The summed E-state index contributed by atoms with van der Waals surface area (Å²) in [6.07, 6.45) is 2.20. The van der Waals surface area contributed by atoms with Crippen LogP contribution in [0.5, 0.6) is 11.5 Å². The lowest BCUT2D eigenvalue weighted by Crippen LogP contribution is -2.16. The highest BCUT2D eigenvalue weighted by atomic mass is 16.7. The largest absolute Gasteiger partial charge is 0.481 e. The number of ether oxygens (including phenoxy) is 2. The number of aliphatic carboxylic acids is 1. The zero-order valence-electron chi connectivity index (χ0n) is 14.9. The maximum atomic E-state index is 13.0. The third-order valence-electron chi connectivity index (χ3n) is 4.71. The van der Waals surface area contributed by atoms with Crippen LogP contribution in [-0.2, 0) is 17.8 Å². The molecule has 0 radical (unpaired) electrons. The molecule has 1 aliphatic rings. The van der Waals surface area contributed by atoms with Crippen molar-refractivity contribution in [2.75, 3.05) is 6.79 Å². The van der Waals surface area contributed by atoms with Crippen molar-refractivity contribution >= 4 is 16.9 Å². The van der Waals surface area contributed by atoms with Crippen LogP contribution in [0.3, 0.4) is 0 Å². The van der Waals surface area contributed by atoms with E-state index in [-0.39, 0.29) is 18.6 Å². The van der Waals surface area contributed by atoms with Gasteiger partial charge in [-0.3, -0.25) is 9.59 Å². The Balaban J connectivity index is 1.78. The maximum absolute atomic E-state index is 13.0. The Morgan fingerprint density at radius 3 is 2.78 bits per heavy atom. The van der Waals surface area contributed by atoms with E-state index in [2.05, 4.69) is 0 Å². The third kappa shape index (κ3) is 3.38. The van der Waals surface area contributed by atoms with Crippen molar-refractivity contribution in [2.24, 2.45) is 0 Å². The van der Waals surface area contributed by atoms with Crippen LogP contribution >= 0.6 is 0 Å². The number of rotatable bonds is 5. The van der Waals surface area contributed by atoms with Crippen molar-refractivity contribution in [3.8, 4) is 11.5 Å². The number of aromatic nitrogens is 1. The SMILES string of the molecule is Cc1ccc2c(c1)c(=O)c(Cc1ccc3c(c1)OCO3)cn2CCC(=O)O. The van der Waals surface area contributed by atoms with Gasteiger partial charge in [-0.2, -0.15) is 0 Å². The lowest BCUT2D eigenvalue weighted by atomic mass is 10.0. The van der Waals surface area contributed by atoms with Crippen molar-refractivity contribution in [2.45, 2.75) is 26.3 Å². The number of benzene rings is 2. The molecule has 6 nitrogen and oxygen atoms in total. The molecule has 3 aromatic rings. The van der Waals surface area contributed by atoms with Crippen LogP contribution < -0.4 is 14.9 Å². The van der Waals surface area contributed by atoms with Gasteiger partial charge < -0.3 is 19.1 Å². The van der Waals surface area contributed by atoms with E-state index < -0.39 is 5.97 Å². The van der Waals surface area contributed by atoms with Crippen LogP contribution in [-0.4, -0.2) is 22.4 Å². The summed E-state index contributed by atoms with van der Waals surface area (Å²) in [6, 6.07) is 11.3. The topological polar surface area (TPSA) is 77.8 Å². The van der Waals surface area contributed by atoms with Crippen molar-refractivity contribution in [1.29, 1.82) is 0 Å². The van der Waals surface area contributed by atoms with Gasteiger partial charge in [0.25, 0.3) is 0 Å². The average molecular weight is 365 g/mol. The molecule has 2 aromatic carbocycles. The Bertz CT molecular complexity index is 1100. The van der Waals surface area contributed by atoms with Gasteiger partial charge in [0.1, 0.15) is 0 Å². The first-order valence-corrected chi connectivity index (χ1v) is 8.74. The van der Waals surface area contributed by atoms with E-state index >= 15 is 0 Å². The second kappa shape index (κ2) is 6.79. The molecule has 0 spiro atoms. The molecule has 138 valence electrons. The van der Waals surface area contributed by atoms with Crippen LogP contribution in [0.25, 0.3) is 10.9 Å². The van der Waals surface area contributed by atoms with E-state index in [0.29, 0.717) is 35.4 Å². The number of carbonyl (C=O) groups is 1. The quantitative estimate of drug-likeness (QED) is 0.752. The first-order valence-electron chi connectivity index (χ1n) is 8.74. The van der Waals surface area contributed by atoms with Gasteiger partial charge in [-0.25, -0.2) is 0 Å². The van der Waals surface area contributed by atoms with Gasteiger partial charge >= 0.3 is 5.97 Å². The van der Waals surface area contributed by atoms with Crippen LogP contribution in [0, 0.1) is 6.92 Å². The highest BCUT2D eigenvalue weighted by molar-refractivity contribution is 5.80. The van der Waals surface area contributed by atoms with Gasteiger partial charge in [-0.1, -0.05) is 17.7 Å². The predicted octanol–water partition coefficient (Wildman–Crippen LogP) is 3.10. The summed E-state index contributed by atoms with van der Waals surface area (Å²) in [7, 11) is 0. The van der Waals surface area contributed by atoms with Crippen molar-refractivity contribution in [3.63, 3.8) is 0 Å². The maximum Gasteiger partial charge on any atom is 0.305 e. The molecule has 2 heterocycles. The van der Waals surface area contributed by atoms with Gasteiger partial charge in [0.2, 0.25) is 6.79 Å². The minimum absolute atomic E-state index is 0.00465. The van der Waals surface area contributed by atoms with E-state index in [0.717, 1.165) is 16.6 Å². The average Bonchev–Trinajstić information content (AvgIpc) is 3.10. The monoisotopic (exact) mass is 365 g/mol. The van der Waals surface area contributed by atoms with Gasteiger partial charge in [-0.15, -0.1) is 0 Å². The zero-order valence-corrected chi connectivity index (χ0v) is 14.9. The third-order valence-corrected chi connectivity index (χ3v) is 4.71. The van der Waals surface area contributed by atoms with E-state index in [1.165, 1.54) is 0 Å². The summed E-state index contributed by atoms with van der Waals surface area (Å²) in [5.74, 6) is 0.508. The molecule has 0 saturated heterocycles. The molecule has 0 fully saturated rings. The Morgan fingerprint density at radius 2 is 1.96 bits per heavy atom. The molecule has 6 heteroatoms. The molecule has 1 N–H and O–H groups in total. The molecule has 1 aliphatic heterocycles. The van der Waals surface area contributed by atoms with E-state index in [9.17, 15) is 9.59 Å². The minimum atomic E-state index is -0.869. The number of nitrogens with zero attached hydrogens (tertiary/aromatic N) is 1. The molecule has 0 bridgehead atoms. The number of aryl methyl sites for hydroxylation is 2. The number of hydrogen-bond acceptors (Lipinski definition) is 4. The standard InChI is InChI=1S/C21H19NO5/c1-13-2-4-17-16(8-13)21(25)15(11-22(17)7-6-20(23)24)9-14-3-5-18-19(10-14)27-12-26-18/h2-5,8,10-11H,6-7,9,12H2,1H3,(H,23,24). The lowest BCUT2D eigenvalue weighted by molar-refractivity contribution is -0.137. The number of carboxylic acids is 1. The molecular formula is C21H19NO5. The smallest absolute Gasteiger partial charge is 0.305 e. The lowest BCUT2D eigenvalue weighted by Gasteiger charge is -2.13. The minimum Gasteiger partial charge on any atom is -0.481 e. The van der Waals surface area contributed by atoms with Crippen molar-refractivity contribution in [1.82, 2.24) is 4.57 Å². The molecule has 0 amide bonds. The molecule has 4 rings (SSSR count). The Labute approximate surface area is 155 Å². The molecule has 27 heavy (non-hydrogen) atoms. The highest BCUT2D eigenvalue weighted by Gasteiger charge is 2.15. The molecule has 1 aromatic heterocycles. The fourth-order valence-electron chi connectivity index (χ4n) is 3.37. The Hall–Kier alpha value is -3.28. The van der Waals surface area contributed by atoms with E-state index in [4.69, 9.17) is 14.6 Å². The number of pyridine rings is 1. The normalized spacial score (nSPS) is 12.5. The van der Waals surface area contributed by atoms with Crippen molar-refractivity contribution < 1.29 is 19.4 Å². The Kier molecular flexibility index (Phi) is 4.32. The Morgan fingerprint density at radius 1 is 1.15 bits per heavy atom. The first-order chi connectivity index (χ1) is 13.0. The van der Waals surface area contributed by atoms with Gasteiger partial charge in [-0.05, 0) is 36.8 Å². The fourth-order valence-corrected chi connectivity index (χ4v) is 3.37. The number of fused-ring (bicyclic) bond motifs is 2. The zero-order chi connectivity index (χ0) is 19.0. The fraction of sp³-hybridized carbons (Fsp3) is 0.238. The summed E-state index contributed by atoms with van der Waals surface area (Å²) >= 11 is 0. The second-order valence-corrected chi connectivity index (χ2v) is 6.71. The molecule has 0 atom stereocenters. The summed E-state index contributed by atoms with van der Waals surface area (Å²) < 4.78 is 12.6. The predicted molar refractivity (Wildman–Crippen MR) is 101 cm³/mol. The molecule has 0 unspecified atom stereocenters.